The molecule has 0 aliphatic carbocycles. The Bertz CT molecular complexity index is 602. The van der Waals surface area contributed by atoms with E-state index in [1.165, 1.54) is 0 Å². The van der Waals surface area contributed by atoms with Gasteiger partial charge in [0.25, 0.3) is 5.91 Å². The third-order valence-electron chi connectivity index (χ3n) is 3.60. The number of hydrogen-bond donors (Lipinski definition) is 2. The van der Waals surface area contributed by atoms with Gasteiger partial charge < -0.3 is 15.5 Å². The molecule has 0 radical (unpaired) electrons. The first-order valence-electron chi connectivity index (χ1n) is 7.22. The lowest BCUT2D eigenvalue weighted by molar-refractivity contribution is -0.132. The van der Waals surface area contributed by atoms with Gasteiger partial charge in [-0.15, -0.1) is 0 Å². The van der Waals surface area contributed by atoms with Crippen LogP contribution in [-0.2, 0) is 4.79 Å². The lowest BCUT2D eigenvalue weighted by Crippen LogP contribution is -2.59. The molecule has 2 rings (SSSR count). The smallest absolute Gasteiger partial charge is 0.251 e. The molecule has 1 saturated heterocycles. The average Bonchev–Trinajstić information content (AvgIpc) is 2.51. The van der Waals surface area contributed by atoms with E-state index in [1.54, 1.807) is 29.2 Å². The maximum Gasteiger partial charge on any atom is 0.251 e. The highest BCUT2D eigenvalue weighted by Gasteiger charge is 2.28. The van der Waals surface area contributed by atoms with Crippen molar-refractivity contribution in [2.75, 3.05) is 26.2 Å². The van der Waals surface area contributed by atoms with Crippen LogP contribution in [-0.4, -0.2) is 48.4 Å². The van der Waals surface area contributed by atoms with E-state index in [9.17, 15) is 9.59 Å². The zero-order chi connectivity index (χ0) is 16.2. The van der Waals surface area contributed by atoms with Crippen molar-refractivity contribution in [3.05, 3.63) is 35.4 Å². The second kappa shape index (κ2) is 6.58. The van der Waals surface area contributed by atoms with Gasteiger partial charge in [-0.25, -0.2) is 0 Å². The second-order valence-corrected chi connectivity index (χ2v) is 6.00. The maximum absolute atomic E-state index is 12.2. The van der Waals surface area contributed by atoms with Crippen molar-refractivity contribution in [2.45, 2.75) is 19.4 Å². The Morgan fingerprint density at radius 3 is 2.64 bits per heavy atom. The number of nitriles is 1. The first-order valence-corrected chi connectivity index (χ1v) is 7.22. The Kier molecular flexibility index (Phi) is 4.78. The molecule has 0 unspecified atom stereocenters. The summed E-state index contributed by atoms with van der Waals surface area (Å²) in [7, 11) is 0. The lowest BCUT2D eigenvalue weighted by atomic mass is 10.0. The van der Waals surface area contributed by atoms with Gasteiger partial charge in [-0.05, 0) is 38.1 Å². The highest BCUT2D eigenvalue weighted by Crippen LogP contribution is 2.10. The Morgan fingerprint density at radius 2 is 2.05 bits per heavy atom. The van der Waals surface area contributed by atoms with E-state index in [1.807, 2.05) is 19.9 Å². The first kappa shape index (κ1) is 16.0. The Morgan fingerprint density at radius 1 is 1.36 bits per heavy atom. The Labute approximate surface area is 130 Å². The summed E-state index contributed by atoms with van der Waals surface area (Å²) in [4.78, 5) is 25.9. The molecule has 1 fully saturated rings. The number of amides is 2. The molecule has 22 heavy (non-hydrogen) atoms. The summed E-state index contributed by atoms with van der Waals surface area (Å²) in [6.07, 6.45) is 0. The van der Waals surface area contributed by atoms with Gasteiger partial charge in [0.2, 0.25) is 5.91 Å². The molecular formula is C16H20N4O2. The molecular weight excluding hydrogens is 280 g/mol. The van der Waals surface area contributed by atoms with Crippen LogP contribution >= 0.6 is 0 Å². The molecule has 2 N–H and O–H groups in total. The van der Waals surface area contributed by atoms with Crippen molar-refractivity contribution >= 4 is 11.8 Å². The minimum atomic E-state index is -0.313. The van der Waals surface area contributed by atoms with Crippen molar-refractivity contribution in [3.63, 3.8) is 0 Å². The molecule has 1 aromatic carbocycles. The van der Waals surface area contributed by atoms with Gasteiger partial charge in [0.15, 0.2) is 0 Å². The van der Waals surface area contributed by atoms with Crippen LogP contribution in [0.2, 0.25) is 0 Å². The predicted molar refractivity (Wildman–Crippen MR) is 82.2 cm³/mol. The zero-order valence-corrected chi connectivity index (χ0v) is 12.8. The second-order valence-electron chi connectivity index (χ2n) is 6.00. The topological polar surface area (TPSA) is 85.2 Å². The number of carbonyl (C=O) groups excluding carboxylic acids is 2. The summed E-state index contributed by atoms with van der Waals surface area (Å²) in [6.45, 7) is 6.09. The van der Waals surface area contributed by atoms with Crippen LogP contribution in [0.1, 0.15) is 29.8 Å². The van der Waals surface area contributed by atoms with E-state index in [4.69, 9.17) is 5.26 Å². The van der Waals surface area contributed by atoms with Crippen LogP contribution in [0.3, 0.4) is 0 Å². The summed E-state index contributed by atoms with van der Waals surface area (Å²) < 4.78 is 0. The molecule has 0 bridgehead atoms. The third kappa shape index (κ3) is 4.06. The molecule has 1 aliphatic rings. The van der Waals surface area contributed by atoms with Crippen molar-refractivity contribution in [2.24, 2.45) is 0 Å². The SMILES string of the molecule is CC1(C)CN(C(=O)CNC(=O)c2ccc(C#N)cc2)CCN1. The molecule has 0 aromatic heterocycles. The van der Waals surface area contributed by atoms with Gasteiger partial charge in [-0.2, -0.15) is 5.26 Å². The largest absolute Gasteiger partial charge is 0.343 e. The Balaban J connectivity index is 1.87. The van der Waals surface area contributed by atoms with Crippen LogP contribution in [0.15, 0.2) is 24.3 Å². The molecule has 0 saturated carbocycles. The summed E-state index contributed by atoms with van der Waals surface area (Å²) in [5.74, 6) is -0.399. The van der Waals surface area contributed by atoms with E-state index in [0.717, 1.165) is 6.54 Å². The van der Waals surface area contributed by atoms with Crippen molar-refractivity contribution < 1.29 is 9.59 Å². The number of benzene rings is 1. The maximum atomic E-state index is 12.2. The van der Waals surface area contributed by atoms with Gasteiger partial charge in [0, 0.05) is 30.7 Å². The molecule has 1 heterocycles. The summed E-state index contributed by atoms with van der Waals surface area (Å²) in [5, 5.41) is 14.7. The number of rotatable bonds is 3. The molecule has 1 aliphatic heterocycles. The highest BCUT2D eigenvalue weighted by molar-refractivity contribution is 5.96. The molecule has 1 aromatic rings. The standard InChI is InChI=1S/C16H20N4O2/c1-16(2)11-20(8-7-19-16)14(21)10-18-15(22)13-5-3-12(9-17)4-6-13/h3-6,19H,7-8,10-11H2,1-2H3,(H,18,22). The lowest BCUT2D eigenvalue weighted by Gasteiger charge is -2.39. The van der Waals surface area contributed by atoms with Gasteiger partial charge in [-0.3, -0.25) is 9.59 Å². The predicted octanol–water partition coefficient (Wildman–Crippen LogP) is 0.498. The van der Waals surface area contributed by atoms with Crippen LogP contribution < -0.4 is 10.6 Å². The van der Waals surface area contributed by atoms with Crippen molar-refractivity contribution in [3.8, 4) is 6.07 Å². The van der Waals surface area contributed by atoms with E-state index < -0.39 is 0 Å². The van der Waals surface area contributed by atoms with E-state index in [0.29, 0.717) is 24.2 Å². The number of carbonyl (C=O) groups is 2. The fourth-order valence-corrected chi connectivity index (χ4v) is 2.42. The quantitative estimate of drug-likeness (QED) is 0.851. The van der Waals surface area contributed by atoms with Gasteiger partial charge in [-0.1, -0.05) is 0 Å². The summed E-state index contributed by atoms with van der Waals surface area (Å²) in [6, 6.07) is 8.30. The number of hydrogen-bond acceptors (Lipinski definition) is 4. The monoisotopic (exact) mass is 300 g/mol. The molecule has 0 atom stereocenters. The van der Waals surface area contributed by atoms with Crippen molar-refractivity contribution in [1.82, 2.24) is 15.5 Å². The van der Waals surface area contributed by atoms with Crippen LogP contribution in [0.5, 0.6) is 0 Å². The van der Waals surface area contributed by atoms with Gasteiger partial charge in [0.1, 0.15) is 0 Å². The fourth-order valence-electron chi connectivity index (χ4n) is 2.42. The van der Waals surface area contributed by atoms with Crippen molar-refractivity contribution in [1.29, 1.82) is 5.26 Å². The first-order chi connectivity index (χ1) is 10.4. The highest BCUT2D eigenvalue weighted by atomic mass is 16.2. The van der Waals surface area contributed by atoms with Crippen LogP contribution in [0, 0.1) is 11.3 Å². The fraction of sp³-hybridized carbons (Fsp3) is 0.438. The zero-order valence-electron chi connectivity index (χ0n) is 12.8. The summed E-state index contributed by atoms with van der Waals surface area (Å²) >= 11 is 0. The van der Waals surface area contributed by atoms with E-state index >= 15 is 0 Å². The summed E-state index contributed by atoms with van der Waals surface area (Å²) in [5.41, 5.74) is 0.827. The number of piperazine rings is 1. The number of nitrogens with zero attached hydrogens (tertiary/aromatic N) is 2. The molecule has 6 nitrogen and oxygen atoms in total. The third-order valence-corrected chi connectivity index (χ3v) is 3.60. The minimum Gasteiger partial charge on any atom is -0.343 e. The number of nitrogens with one attached hydrogen (secondary N) is 2. The molecule has 0 spiro atoms. The van der Waals surface area contributed by atoms with E-state index in [2.05, 4.69) is 10.6 Å². The van der Waals surface area contributed by atoms with Gasteiger partial charge in [0.05, 0.1) is 18.2 Å². The molecule has 6 heteroatoms. The van der Waals surface area contributed by atoms with E-state index in [-0.39, 0.29) is 23.9 Å². The average molecular weight is 300 g/mol. The molecule has 116 valence electrons. The van der Waals surface area contributed by atoms with Gasteiger partial charge >= 0.3 is 0 Å². The van der Waals surface area contributed by atoms with Crippen LogP contribution in [0.25, 0.3) is 0 Å². The van der Waals surface area contributed by atoms with Crippen LogP contribution in [0.4, 0.5) is 0 Å². The minimum absolute atomic E-state index is 0.0189. The normalized spacial score (nSPS) is 16.7. The molecule has 2 amide bonds. The Hall–Kier alpha value is -2.39.